The second-order valence-electron chi connectivity index (χ2n) is 8.52. The van der Waals surface area contributed by atoms with Crippen LogP contribution in [0.5, 0.6) is 11.5 Å². The smallest absolute Gasteiger partial charge is 0.231 e. The van der Waals surface area contributed by atoms with Crippen molar-refractivity contribution >= 4 is 0 Å². The number of rotatable bonds is 3. The fraction of sp³-hybridized carbons (Fsp3) is 0.545. The fourth-order valence-corrected chi connectivity index (χ4v) is 5.93. The summed E-state index contributed by atoms with van der Waals surface area (Å²) in [6.45, 7) is 6.87. The van der Waals surface area contributed by atoms with E-state index in [2.05, 4.69) is 40.1 Å². The third-order valence-electron chi connectivity index (χ3n) is 7.07. The maximum atomic E-state index is 5.91. The van der Waals surface area contributed by atoms with Crippen molar-refractivity contribution < 1.29 is 13.9 Å². The van der Waals surface area contributed by atoms with Crippen LogP contribution in [0.1, 0.15) is 35.8 Å². The summed E-state index contributed by atoms with van der Waals surface area (Å²) in [5, 5.41) is 0. The maximum Gasteiger partial charge on any atom is 0.231 e. The van der Waals surface area contributed by atoms with Crippen LogP contribution in [0.2, 0.25) is 0 Å². The van der Waals surface area contributed by atoms with Gasteiger partial charge in [0.15, 0.2) is 11.5 Å². The number of aryl methyl sites for hydroxylation is 1. The van der Waals surface area contributed by atoms with Gasteiger partial charge >= 0.3 is 0 Å². The molecule has 5 aliphatic rings. The summed E-state index contributed by atoms with van der Waals surface area (Å²) in [5.74, 6) is 5.21. The lowest BCUT2D eigenvalue weighted by Gasteiger charge is -2.51. The SMILES string of the molecule is Cc1ccc(CN2C[C@@H](c3ccc4c(c3)OCO4)[C@@H]3[C@H]2C2CCN3CC2)o1. The monoisotopic (exact) mass is 366 g/mol. The number of fused-ring (bicyclic) bond motifs is 3. The van der Waals surface area contributed by atoms with Crippen LogP contribution in [0.4, 0.5) is 0 Å². The molecule has 0 spiro atoms. The van der Waals surface area contributed by atoms with Crippen molar-refractivity contribution in [2.24, 2.45) is 5.92 Å². The average molecular weight is 366 g/mol. The first-order valence-corrected chi connectivity index (χ1v) is 10.2. The second-order valence-corrected chi connectivity index (χ2v) is 8.52. The molecule has 0 aliphatic carbocycles. The van der Waals surface area contributed by atoms with Gasteiger partial charge in [0.05, 0.1) is 6.54 Å². The number of likely N-dealkylation sites (tertiary alicyclic amines) is 1. The number of furan rings is 1. The molecular weight excluding hydrogens is 340 g/mol. The maximum absolute atomic E-state index is 5.91. The molecule has 0 N–H and O–H groups in total. The molecule has 0 saturated carbocycles. The topological polar surface area (TPSA) is 38.1 Å². The lowest BCUT2D eigenvalue weighted by Crippen LogP contribution is -2.59. The highest BCUT2D eigenvalue weighted by Crippen LogP contribution is 2.48. The number of ether oxygens (including phenoxy) is 2. The summed E-state index contributed by atoms with van der Waals surface area (Å²) < 4.78 is 17.1. The van der Waals surface area contributed by atoms with E-state index in [0.717, 1.165) is 42.0 Å². The summed E-state index contributed by atoms with van der Waals surface area (Å²) in [6, 6.07) is 12.0. The lowest BCUT2D eigenvalue weighted by atomic mass is 9.75. The molecule has 0 amide bonds. The fourth-order valence-electron chi connectivity index (χ4n) is 5.93. The van der Waals surface area contributed by atoms with Gasteiger partial charge in [0.25, 0.3) is 0 Å². The van der Waals surface area contributed by atoms with Crippen molar-refractivity contribution in [2.75, 3.05) is 26.4 Å². The van der Waals surface area contributed by atoms with E-state index in [-0.39, 0.29) is 0 Å². The van der Waals surface area contributed by atoms with E-state index < -0.39 is 0 Å². The van der Waals surface area contributed by atoms with Crippen molar-refractivity contribution in [1.82, 2.24) is 9.80 Å². The van der Waals surface area contributed by atoms with Gasteiger partial charge in [0, 0.05) is 24.5 Å². The van der Waals surface area contributed by atoms with Gasteiger partial charge in [0.2, 0.25) is 6.79 Å². The van der Waals surface area contributed by atoms with Crippen LogP contribution in [-0.4, -0.2) is 48.3 Å². The molecule has 1 aromatic heterocycles. The quantitative estimate of drug-likeness (QED) is 0.833. The summed E-state index contributed by atoms with van der Waals surface area (Å²) in [5.41, 5.74) is 1.39. The largest absolute Gasteiger partial charge is 0.465 e. The van der Waals surface area contributed by atoms with Crippen LogP contribution in [0.25, 0.3) is 0 Å². The third-order valence-corrected chi connectivity index (χ3v) is 7.07. The van der Waals surface area contributed by atoms with Gasteiger partial charge in [-0.05, 0) is 68.6 Å². The molecule has 2 bridgehead atoms. The minimum atomic E-state index is 0.341. The Kier molecular flexibility index (Phi) is 3.57. The predicted molar refractivity (Wildman–Crippen MR) is 101 cm³/mol. The van der Waals surface area contributed by atoms with Crippen LogP contribution in [-0.2, 0) is 6.54 Å². The Morgan fingerprint density at radius 3 is 2.67 bits per heavy atom. The minimum absolute atomic E-state index is 0.341. The van der Waals surface area contributed by atoms with Gasteiger partial charge in [-0.25, -0.2) is 0 Å². The van der Waals surface area contributed by atoms with Gasteiger partial charge in [-0.3, -0.25) is 9.80 Å². The van der Waals surface area contributed by atoms with Crippen molar-refractivity contribution in [3.05, 3.63) is 47.4 Å². The Bertz CT molecular complexity index is 855. The Balaban J connectivity index is 1.34. The van der Waals surface area contributed by atoms with Crippen LogP contribution in [0.3, 0.4) is 0 Å². The molecule has 2 aromatic rings. The molecule has 1 aromatic carbocycles. The van der Waals surface area contributed by atoms with E-state index in [9.17, 15) is 0 Å². The second kappa shape index (κ2) is 6.01. The molecule has 7 rings (SSSR count). The number of hydrogen-bond donors (Lipinski definition) is 0. The van der Waals surface area contributed by atoms with Crippen molar-refractivity contribution in [3.63, 3.8) is 0 Å². The van der Waals surface area contributed by atoms with Crippen molar-refractivity contribution in [3.8, 4) is 11.5 Å². The van der Waals surface area contributed by atoms with Gasteiger partial charge in [0.1, 0.15) is 11.5 Å². The van der Waals surface area contributed by atoms with Crippen molar-refractivity contribution in [2.45, 2.75) is 44.3 Å². The van der Waals surface area contributed by atoms with Gasteiger partial charge in [-0.1, -0.05) is 6.07 Å². The van der Waals surface area contributed by atoms with Gasteiger partial charge < -0.3 is 13.9 Å². The summed E-state index contributed by atoms with van der Waals surface area (Å²) >= 11 is 0. The van der Waals surface area contributed by atoms with Gasteiger partial charge in [-0.15, -0.1) is 0 Å². The third kappa shape index (κ3) is 2.52. The molecule has 3 atom stereocenters. The van der Waals surface area contributed by atoms with Crippen LogP contribution >= 0.6 is 0 Å². The van der Waals surface area contributed by atoms with E-state index >= 15 is 0 Å². The zero-order valence-corrected chi connectivity index (χ0v) is 15.8. The Labute approximate surface area is 159 Å². The van der Waals surface area contributed by atoms with E-state index in [1.165, 1.54) is 31.5 Å². The van der Waals surface area contributed by atoms with E-state index in [1.54, 1.807) is 0 Å². The van der Waals surface area contributed by atoms with E-state index in [1.807, 2.05) is 6.92 Å². The molecule has 5 nitrogen and oxygen atoms in total. The normalized spacial score (nSPS) is 34.2. The molecule has 0 radical (unpaired) electrons. The highest BCUT2D eigenvalue weighted by molar-refractivity contribution is 5.46. The number of benzene rings is 1. The summed E-state index contributed by atoms with van der Waals surface area (Å²) in [4.78, 5) is 5.43. The molecule has 6 heterocycles. The molecule has 5 heteroatoms. The predicted octanol–water partition coefficient (Wildman–Crippen LogP) is 3.38. The summed E-state index contributed by atoms with van der Waals surface area (Å²) in [7, 11) is 0. The first-order chi connectivity index (χ1) is 13.3. The van der Waals surface area contributed by atoms with Crippen LogP contribution in [0.15, 0.2) is 34.7 Å². The number of nitrogens with zero attached hydrogens (tertiary/aromatic N) is 2. The Morgan fingerprint density at radius 1 is 1.00 bits per heavy atom. The zero-order valence-electron chi connectivity index (χ0n) is 15.8. The standard InChI is InChI=1S/C22H26N2O3/c1-14-2-4-17(27-14)11-24-12-18(16-3-5-19-20(10-16)26-13-25-19)22-21(24)15-6-8-23(22)9-7-15/h2-5,10,15,18,21-22H,6-9,11-13H2,1H3/t18-,21+,22+/m0/s1. The number of piperidine rings is 3. The summed E-state index contributed by atoms with van der Waals surface area (Å²) in [6.07, 6.45) is 2.67. The number of hydrogen-bond acceptors (Lipinski definition) is 5. The van der Waals surface area contributed by atoms with Gasteiger partial charge in [-0.2, -0.15) is 0 Å². The highest BCUT2D eigenvalue weighted by atomic mass is 16.7. The molecular formula is C22H26N2O3. The Morgan fingerprint density at radius 2 is 1.85 bits per heavy atom. The van der Waals surface area contributed by atoms with Crippen molar-refractivity contribution in [1.29, 1.82) is 0 Å². The van der Waals surface area contributed by atoms with Crippen LogP contribution < -0.4 is 9.47 Å². The first-order valence-electron chi connectivity index (χ1n) is 10.2. The molecule has 5 aliphatic heterocycles. The lowest BCUT2D eigenvalue weighted by molar-refractivity contribution is -0.0102. The molecule has 4 saturated heterocycles. The van der Waals surface area contributed by atoms with Crippen LogP contribution in [0, 0.1) is 12.8 Å². The average Bonchev–Trinajstić information content (AvgIpc) is 3.42. The first kappa shape index (κ1) is 16.0. The molecule has 0 unspecified atom stereocenters. The van der Waals surface area contributed by atoms with E-state index in [4.69, 9.17) is 13.9 Å². The minimum Gasteiger partial charge on any atom is -0.465 e. The molecule has 27 heavy (non-hydrogen) atoms. The highest BCUT2D eigenvalue weighted by Gasteiger charge is 2.53. The zero-order chi connectivity index (χ0) is 18.0. The Hall–Kier alpha value is -1.98. The van der Waals surface area contributed by atoms with E-state index in [0.29, 0.717) is 24.8 Å². The molecule has 142 valence electrons. The molecule has 4 fully saturated rings.